The van der Waals surface area contributed by atoms with Crippen LogP contribution in [0.15, 0.2) is 84.1 Å². The predicted octanol–water partition coefficient (Wildman–Crippen LogP) is 6.51. The first kappa shape index (κ1) is 18.9. The van der Waals surface area contributed by atoms with Crippen molar-refractivity contribution in [2.24, 2.45) is 0 Å². The number of allylic oxidation sites excluding steroid dienone is 2. The van der Waals surface area contributed by atoms with Crippen LogP contribution in [0.2, 0.25) is 10.0 Å². The third kappa shape index (κ3) is 2.92. The molecule has 0 radical (unpaired) electrons. The maximum absolute atomic E-state index is 13.7. The van der Waals surface area contributed by atoms with Gasteiger partial charge in [-0.05, 0) is 31.2 Å². The van der Waals surface area contributed by atoms with Crippen LogP contribution in [-0.2, 0) is 0 Å². The zero-order chi connectivity index (χ0) is 20.8. The van der Waals surface area contributed by atoms with Gasteiger partial charge >= 0.3 is 0 Å². The number of benzene rings is 3. The second kappa shape index (κ2) is 7.31. The Morgan fingerprint density at radius 2 is 1.60 bits per heavy atom. The van der Waals surface area contributed by atoms with E-state index in [0.717, 1.165) is 16.7 Å². The number of anilines is 1. The van der Waals surface area contributed by atoms with Gasteiger partial charge in [-0.1, -0.05) is 71.7 Å². The second-order valence-electron chi connectivity index (χ2n) is 7.19. The lowest BCUT2D eigenvalue weighted by atomic mass is 9.89. The summed E-state index contributed by atoms with van der Waals surface area (Å²) in [6.45, 7) is 1.89. The Kier molecular flexibility index (Phi) is 4.61. The number of Topliss-reactive ketones (excluding diaryl/α,β-unsaturated/α-hetero) is 1. The molecule has 0 bridgehead atoms. The number of ketones is 1. The molecule has 5 rings (SSSR count). The molecular formula is C24H17Cl2N3O. The van der Waals surface area contributed by atoms with Gasteiger partial charge in [-0.15, -0.1) is 0 Å². The molecule has 1 aliphatic heterocycles. The van der Waals surface area contributed by atoms with Crippen LogP contribution in [0.3, 0.4) is 0 Å². The number of para-hydroxylation sites is 2. The largest absolute Gasteiger partial charge is 0.329 e. The van der Waals surface area contributed by atoms with E-state index in [1.165, 1.54) is 0 Å². The number of carbonyl (C=O) groups excluding carboxylic acids is 1. The fourth-order valence-electron chi connectivity index (χ4n) is 4.05. The molecule has 4 nitrogen and oxygen atoms in total. The number of aromatic nitrogens is 2. The topological polar surface area (TPSA) is 46.9 Å². The Hall–Kier alpha value is -3.08. The van der Waals surface area contributed by atoms with Gasteiger partial charge in [-0.3, -0.25) is 9.36 Å². The number of nitrogens with one attached hydrogen (secondary N) is 1. The van der Waals surface area contributed by atoms with Crippen LogP contribution in [0.1, 0.15) is 28.9 Å². The van der Waals surface area contributed by atoms with Crippen molar-refractivity contribution in [1.29, 1.82) is 0 Å². The summed E-state index contributed by atoms with van der Waals surface area (Å²) in [5.41, 5.74) is 4.33. The van der Waals surface area contributed by atoms with Crippen LogP contribution in [-0.4, -0.2) is 15.3 Å². The van der Waals surface area contributed by atoms with Gasteiger partial charge in [0.1, 0.15) is 0 Å². The van der Waals surface area contributed by atoms with Gasteiger partial charge < -0.3 is 5.32 Å². The molecule has 0 saturated carbocycles. The van der Waals surface area contributed by atoms with Crippen molar-refractivity contribution >= 4 is 46.0 Å². The van der Waals surface area contributed by atoms with Crippen molar-refractivity contribution < 1.29 is 4.79 Å². The van der Waals surface area contributed by atoms with Crippen LogP contribution in [0, 0.1) is 0 Å². The molecule has 0 saturated heterocycles. The zero-order valence-electron chi connectivity index (χ0n) is 16.1. The molecule has 1 atom stereocenters. The molecule has 4 aromatic rings. The highest BCUT2D eigenvalue weighted by Gasteiger charge is 2.36. The standard InChI is InChI=1S/C24H17Cl2N3O/c1-14-20(23(30)15-8-3-2-4-9-15)22(21-16(25)10-7-11-17(21)26)29-19-13-6-5-12-18(19)28-24(29)27-14/h2-13,22H,1H3,(H,27,28)/t22-/m0/s1. The average Bonchev–Trinajstić information content (AvgIpc) is 3.11. The first-order chi connectivity index (χ1) is 14.6. The van der Waals surface area contributed by atoms with E-state index in [1.54, 1.807) is 18.2 Å². The summed E-state index contributed by atoms with van der Waals surface area (Å²) < 4.78 is 2.01. The van der Waals surface area contributed by atoms with Crippen molar-refractivity contribution in [3.63, 3.8) is 0 Å². The highest BCUT2D eigenvalue weighted by Crippen LogP contribution is 2.44. The minimum atomic E-state index is -0.512. The van der Waals surface area contributed by atoms with Crippen LogP contribution >= 0.6 is 23.2 Å². The number of halogens is 2. The molecule has 2 heterocycles. The number of fused-ring (bicyclic) bond motifs is 3. The first-order valence-electron chi connectivity index (χ1n) is 9.54. The molecule has 0 amide bonds. The van der Waals surface area contributed by atoms with Gasteiger partial charge in [0.05, 0.1) is 17.1 Å². The summed E-state index contributed by atoms with van der Waals surface area (Å²) in [6.07, 6.45) is 0. The second-order valence-corrected chi connectivity index (χ2v) is 8.01. The normalized spacial score (nSPS) is 15.8. The molecule has 3 aromatic carbocycles. The van der Waals surface area contributed by atoms with Gasteiger partial charge in [0.15, 0.2) is 5.78 Å². The van der Waals surface area contributed by atoms with Gasteiger partial charge in [0.25, 0.3) is 0 Å². The van der Waals surface area contributed by atoms with E-state index in [-0.39, 0.29) is 5.78 Å². The van der Waals surface area contributed by atoms with E-state index in [2.05, 4.69) is 5.32 Å². The van der Waals surface area contributed by atoms with Gasteiger partial charge in [-0.2, -0.15) is 0 Å². The third-order valence-electron chi connectivity index (χ3n) is 5.38. The molecule has 1 aliphatic rings. The number of nitrogens with zero attached hydrogens (tertiary/aromatic N) is 2. The Morgan fingerprint density at radius 1 is 0.933 bits per heavy atom. The smallest absolute Gasteiger partial charge is 0.209 e. The molecule has 0 unspecified atom stereocenters. The number of imidazole rings is 1. The van der Waals surface area contributed by atoms with Crippen molar-refractivity contribution in [3.8, 4) is 0 Å². The summed E-state index contributed by atoms with van der Waals surface area (Å²) in [4.78, 5) is 18.4. The lowest BCUT2D eigenvalue weighted by Crippen LogP contribution is -2.28. The van der Waals surface area contributed by atoms with Gasteiger partial charge in [0.2, 0.25) is 5.95 Å². The van der Waals surface area contributed by atoms with Gasteiger partial charge in [-0.25, -0.2) is 4.98 Å². The molecule has 1 N–H and O–H groups in total. The summed E-state index contributed by atoms with van der Waals surface area (Å²) >= 11 is 13.3. The van der Waals surface area contributed by atoms with Crippen molar-refractivity contribution in [2.45, 2.75) is 13.0 Å². The lowest BCUT2D eigenvalue weighted by molar-refractivity contribution is 0.102. The van der Waals surface area contributed by atoms with Crippen LogP contribution in [0.25, 0.3) is 11.0 Å². The Balaban J connectivity index is 1.82. The molecule has 0 spiro atoms. The van der Waals surface area contributed by atoms with Crippen molar-refractivity contribution in [1.82, 2.24) is 9.55 Å². The van der Waals surface area contributed by atoms with Crippen LogP contribution in [0.4, 0.5) is 5.95 Å². The molecule has 1 aromatic heterocycles. The van der Waals surface area contributed by atoms with Crippen molar-refractivity contribution in [2.75, 3.05) is 5.32 Å². The van der Waals surface area contributed by atoms with E-state index < -0.39 is 6.04 Å². The highest BCUT2D eigenvalue weighted by atomic mass is 35.5. The summed E-state index contributed by atoms with van der Waals surface area (Å²) in [5, 5.41) is 4.32. The maximum atomic E-state index is 13.7. The van der Waals surface area contributed by atoms with Gasteiger partial charge in [0, 0.05) is 32.4 Å². The average molecular weight is 434 g/mol. The Morgan fingerprint density at radius 3 is 2.33 bits per heavy atom. The van der Waals surface area contributed by atoms with E-state index >= 15 is 0 Å². The monoisotopic (exact) mass is 433 g/mol. The van der Waals surface area contributed by atoms with Crippen molar-refractivity contribution in [3.05, 3.63) is 105 Å². The first-order valence-corrected chi connectivity index (χ1v) is 10.3. The maximum Gasteiger partial charge on any atom is 0.209 e. The number of rotatable bonds is 3. The fourth-order valence-corrected chi connectivity index (χ4v) is 4.65. The third-order valence-corrected chi connectivity index (χ3v) is 6.04. The van der Waals surface area contributed by atoms with E-state index in [1.807, 2.05) is 66.1 Å². The summed E-state index contributed by atoms with van der Waals surface area (Å²) in [5.74, 6) is 0.573. The predicted molar refractivity (Wildman–Crippen MR) is 121 cm³/mol. The molecule has 0 aliphatic carbocycles. The fraction of sp³-hybridized carbons (Fsp3) is 0.0833. The molecule has 0 fully saturated rings. The zero-order valence-corrected chi connectivity index (χ0v) is 17.6. The molecule has 148 valence electrons. The number of hydrogen-bond acceptors (Lipinski definition) is 3. The quantitative estimate of drug-likeness (QED) is 0.374. The molecule has 30 heavy (non-hydrogen) atoms. The van der Waals surface area contributed by atoms with E-state index in [9.17, 15) is 4.79 Å². The highest BCUT2D eigenvalue weighted by molar-refractivity contribution is 6.36. The SMILES string of the molecule is CC1=C(C(=O)c2ccccc2)[C@@H](c2c(Cl)cccc2Cl)n2c(nc3ccccc32)N1. The van der Waals surface area contributed by atoms with Crippen LogP contribution < -0.4 is 5.32 Å². The summed E-state index contributed by atoms with van der Waals surface area (Å²) in [6, 6.07) is 21.9. The van der Waals surface area contributed by atoms with E-state index in [4.69, 9.17) is 28.2 Å². The lowest BCUT2D eigenvalue weighted by Gasteiger charge is -2.31. The van der Waals surface area contributed by atoms with E-state index in [0.29, 0.717) is 32.7 Å². The Labute approximate surface area is 183 Å². The number of carbonyl (C=O) groups is 1. The minimum Gasteiger partial charge on any atom is -0.329 e. The Bertz CT molecular complexity index is 1300. The van der Waals surface area contributed by atoms with Crippen LogP contribution in [0.5, 0.6) is 0 Å². The summed E-state index contributed by atoms with van der Waals surface area (Å²) in [7, 11) is 0. The molecular weight excluding hydrogens is 417 g/mol. The molecule has 6 heteroatoms. The number of hydrogen-bond donors (Lipinski definition) is 1. The minimum absolute atomic E-state index is 0.0787.